The molecule has 0 saturated carbocycles. The van der Waals surface area contributed by atoms with Crippen LogP contribution in [0.3, 0.4) is 0 Å². The first kappa shape index (κ1) is 11.4. The summed E-state index contributed by atoms with van der Waals surface area (Å²) in [5.41, 5.74) is 5.23. The Hall–Kier alpha value is -1.10. The molecule has 2 rings (SSSR count). The van der Waals surface area contributed by atoms with E-state index in [1.165, 1.54) is 0 Å². The molecule has 0 spiro atoms. The van der Waals surface area contributed by atoms with Gasteiger partial charge in [0, 0.05) is 19.5 Å². The molecule has 90 valence electrons. The first-order valence-electron chi connectivity index (χ1n) is 5.94. The maximum absolute atomic E-state index is 11.7. The lowest BCUT2D eigenvalue weighted by atomic mass is 9.98. The molecule has 2 aliphatic rings. The standard InChI is InChI=1S/C11H19N3O2/c12-11(16)9-5-10(15)14(7-9)6-8-1-3-13-4-2-8/h8-9,13H,1-7H2,(H2,12,16). The molecular weight excluding hydrogens is 206 g/mol. The van der Waals surface area contributed by atoms with Crippen molar-refractivity contribution < 1.29 is 9.59 Å². The van der Waals surface area contributed by atoms with Crippen LogP contribution in [0.15, 0.2) is 0 Å². The molecule has 16 heavy (non-hydrogen) atoms. The topological polar surface area (TPSA) is 75.4 Å². The molecule has 1 unspecified atom stereocenters. The molecule has 0 aromatic carbocycles. The van der Waals surface area contributed by atoms with Gasteiger partial charge in [-0.2, -0.15) is 0 Å². The van der Waals surface area contributed by atoms with Gasteiger partial charge in [0.05, 0.1) is 5.92 Å². The molecule has 3 N–H and O–H groups in total. The number of carbonyl (C=O) groups excluding carboxylic acids is 2. The highest BCUT2D eigenvalue weighted by Gasteiger charge is 2.34. The number of nitrogens with zero attached hydrogens (tertiary/aromatic N) is 1. The van der Waals surface area contributed by atoms with Gasteiger partial charge in [-0.05, 0) is 31.8 Å². The van der Waals surface area contributed by atoms with Crippen LogP contribution in [-0.2, 0) is 9.59 Å². The third kappa shape index (κ3) is 2.52. The Morgan fingerprint density at radius 3 is 2.69 bits per heavy atom. The predicted molar refractivity (Wildman–Crippen MR) is 59.5 cm³/mol. The lowest BCUT2D eigenvalue weighted by Crippen LogP contribution is -2.37. The lowest BCUT2D eigenvalue weighted by molar-refractivity contribution is -0.129. The van der Waals surface area contributed by atoms with Crippen molar-refractivity contribution in [3.05, 3.63) is 0 Å². The largest absolute Gasteiger partial charge is 0.369 e. The average molecular weight is 225 g/mol. The Kier molecular flexibility index (Phi) is 3.43. The zero-order chi connectivity index (χ0) is 11.5. The van der Waals surface area contributed by atoms with Gasteiger partial charge in [0.25, 0.3) is 0 Å². The van der Waals surface area contributed by atoms with E-state index in [4.69, 9.17) is 5.73 Å². The second kappa shape index (κ2) is 4.82. The Labute approximate surface area is 95.3 Å². The second-order valence-corrected chi connectivity index (χ2v) is 4.80. The average Bonchev–Trinajstić information content (AvgIpc) is 2.62. The summed E-state index contributed by atoms with van der Waals surface area (Å²) in [7, 11) is 0. The number of carbonyl (C=O) groups is 2. The van der Waals surface area contributed by atoms with Crippen LogP contribution in [-0.4, -0.2) is 42.9 Å². The lowest BCUT2D eigenvalue weighted by Gasteiger charge is -2.27. The van der Waals surface area contributed by atoms with Crippen LogP contribution in [0.2, 0.25) is 0 Å². The number of amides is 2. The summed E-state index contributed by atoms with van der Waals surface area (Å²) < 4.78 is 0. The number of primary amides is 1. The van der Waals surface area contributed by atoms with Crippen molar-refractivity contribution in [2.75, 3.05) is 26.2 Å². The first-order valence-corrected chi connectivity index (χ1v) is 5.94. The molecule has 2 heterocycles. The molecule has 0 aromatic rings. The van der Waals surface area contributed by atoms with E-state index in [-0.39, 0.29) is 17.7 Å². The molecule has 1 atom stereocenters. The van der Waals surface area contributed by atoms with E-state index in [9.17, 15) is 9.59 Å². The van der Waals surface area contributed by atoms with Gasteiger partial charge in [-0.1, -0.05) is 0 Å². The Balaban J connectivity index is 1.85. The molecule has 2 aliphatic heterocycles. The monoisotopic (exact) mass is 225 g/mol. The summed E-state index contributed by atoms with van der Waals surface area (Å²) in [6, 6.07) is 0. The maximum atomic E-state index is 11.7. The minimum absolute atomic E-state index is 0.0855. The highest BCUT2D eigenvalue weighted by atomic mass is 16.2. The van der Waals surface area contributed by atoms with E-state index in [1.54, 1.807) is 0 Å². The van der Waals surface area contributed by atoms with Gasteiger partial charge in [-0.3, -0.25) is 9.59 Å². The van der Waals surface area contributed by atoms with Crippen molar-refractivity contribution >= 4 is 11.8 Å². The number of hydrogen-bond donors (Lipinski definition) is 2. The van der Waals surface area contributed by atoms with Gasteiger partial charge in [-0.15, -0.1) is 0 Å². The summed E-state index contributed by atoms with van der Waals surface area (Å²) in [5, 5.41) is 3.30. The number of likely N-dealkylation sites (tertiary alicyclic amines) is 1. The first-order chi connectivity index (χ1) is 7.66. The molecule has 2 saturated heterocycles. The molecule has 0 aliphatic carbocycles. The van der Waals surface area contributed by atoms with Gasteiger partial charge in [0.15, 0.2) is 0 Å². The van der Waals surface area contributed by atoms with Crippen LogP contribution < -0.4 is 11.1 Å². The van der Waals surface area contributed by atoms with E-state index >= 15 is 0 Å². The van der Waals surface area contributed by atoms with Crippen molar-refractivity contribution in [3.8, 4) is 0 Å². The summed E-state index contributed by atoms with van der Waals surface area (Å²) in [6.45, 7) is 3.39. The third-order valence-electron chi connectivity index (χ3n) is 3.55. The number of nitrogens with one attached hydrogen (secondary N) is 1. The van der Waals surface area contributed by atoms with Gasteiger partial charge in [0.2, 0.25) is 11.8 Å². The van der Waals surface area contributed by atoms with E-state index in [2.05, 4.69) is 5.32 Å². The maximum Gasteiger partial charge on any atom is 0.223 e. The summed E-state index contributed by atoms with van der Waals surface area (Å²) in [5.74, 6) is 0.0505. The van der Waals surface area contributed by atoms with Crippen molar-refractivity contribution in [1.29, 1.82) is 0 Å². The van der Waals surface area contributed by atoms with Gasteiger partial charge < -0.3 is 16.0 Å². The predicted octanol–water partition coefficient (Wildman–Crippen LogP) is -0.680. The van der Waals surface area contributed by atoms with Gasteiger partial charge in [0.1, 0.15) is 0 Å². The van der Waals surface area contributed by atoms with Gasteiger partial charge >= 0.3 is 0 Å². The fourth-order valence-corrected chi connectivity index (χ4v) is 2.52. The van der Waals surface area contributed by atoms with Crippen molar-refractivity contribution in [2.24, 2.45) is 17.6 Å². The van der Waals surface area contributed by atoms with Crippen LogP contribution in [0.1, 0.15) is 19.3 Å². The Bertz CT molecular complexity index is 287. The molecule has 5 nitrogen and oxygen atoms in total. The number of hydrogen-bond acceptors (Lipinski definition) is 3. The van der Waals surface area contributed by atoms with E-state index in [1.807, 2.05) is 4.90 Å². The molecule has 0 bridgehead atoms. The molecule has 2 fully saturated rings. The van der Waals surface area contributed by atoms with Crippen LogP contribution in [0, 0.1) is 11.8 Å². The quantitative estimate of drug-likeness (QED) is 0.668. The van der Waals surface area contributed by atoms with Crippen molar-refractivity contribution in [3.63, 3.8) is 0 Å². The normalized spacial score (nSPS) is 27.4. The fraction of sp³-hybridized carbons (Fsp3) is 0.818. The van der Waals surface area contributed by atoms with Crippen molar-refractivity contribution in [1.82, 2.24) is 10.2 Å². The zero-order valence-electron chi connectivity index (χ0n) is 9.45. The van der Waals surface area contributed by atoms with E-state index in [0.29, 0.717) is 18.9 Å². The molecular formula is C11H19N3O2. The third-order valence-corrected chi connectivity index (χ3v) is 3.55. The Morgan fingerprint density at radius 1 is 1.44 bits per heavy atom. The summed E-state index contributed by atoms with van der Waals surface area (Å²) in [6.07, 6.45) is 2.54. The van der Waals surface area contributed by atoms with Gasteiger partial charge in [-0.25, -0.2) is 0 Å². The highest BCUT2D eigenvalue weighted by molar-refractivity contribution is 5.88. The Morgan fingerprint density at radius 2 is 2.12 bits per heavy atom. The van der Waals surface area contributed by atoms with Crippen LogP contribution >= 0.6 is 0 Å². The number of piperidine rings is 1. The SMILES string of the molecule is NC(=O)C1CC(=O)N(CC2CCNCC2)C1. The second-order valence-electron chi connectivity index (χ2n) is 4.80. The fourth-order valence-electron chi connectivity index (χ4n) is 2.52. The van der Waals surface area contributed by atoms with E-state index < -0.39 is 0 Å². The number of nitrogens with two attached hydrogens (primary N) is 1. The van der Waals surface area contributed by atoms with Crippen molar-refractivity contribution in [2.45, 2.75) is 19.3 Å². The van der Waals surface area contributed by atoms with Crippen LogP contribution in [0.4, 0.5) is 0 Å². The number of rotatable bonds is 3. The smallest absolute Gasteiger partial charge is 0.223 e. The van der Waals surface area contributed by atoms with E-state index in [0.717, 1.165) is 32.5 Å². The van der Waals surface area contributed by atoms with Crippen LogP contribution in [0.25, 0.3) is 0 Å². The molecule has 5 heteroatoms. The molecule has 0 radical (unpaired) electrons. The zero-order valence-corrected chi connectivity index (χ0v) is 9.45. The van der Waals surface area contributed by atoms with Crippen LogP contribution in [0.5, 0.6) is 0 Å². The minimum atomic E-state index is -0.346. The highest BCUT2D eigenvalue weighted by Crippen LogP contribution is 2.21. The minimum Gasteiger partial charge on any atom is -0.369 e. The molecule has 2 amide bonds. The summed E-state index contributed by atoms with van der Waals surface area (Å²) in [4.78, 5) is 24.5. The molecule has 0 aromatic heterocycles. The summed E-state index contributed by atoms with van der Waals surface area (Å²) >= 11 is 0.